The second-order valence-electron chi connectivity index (χ2n) is 4.40. The molecule has 1 heterocycles. The van der Waals surface area contributed by atoms with Gasteiger partial charge in [-0.25, -0.2) is 4.99 Å². The zero-order valence-corrected chi connectivity index (χ0v) is 10.3. The Morgan fingerprint density at radius 1 is 0.947 bits per heavy atom. The van der Waals surface area contributed by atoms with Crippen molar-refractivity contribution in [2.45, 2.75) is 12.5 Å². The number of hydrogen-bond donors (Lipinski definition) is 0. The van der Waals surface area contributed by atoms with Crippen LogP contribution in [0.1, 0.15) is 23.6 Å². The number of rotatable bonds is 2. The molecule has 3 rings (SSSR count). The predicted molar refractivity (Wildman–Crippen MR) is 72.9 cm³/mol. The lowest BCUT2D eigenvalue weighted by atomic mass is 10.0. The van der Waals surface area contributed by atoms with E-state index in [2.05, 4.69) is 4.99 Å². The molecule has 3 nitrogen and oxygen atoms in total. The number of benzene rings is 2. The summed E-state index contributed by atoms with van der Waals surface area (Å²) in [6, 6.07) is 19.2. The highest BCUT2D eigenvalue weighted by atomic mass is 16.5. The lowest BCUT2D eigenvalue weighted by molar-refractivity contribution is -0.136. The molecule has 94 valence electrons. The second kappa shape index (κ2) is 5.06. The van der Waals surface area contributed by atoms with Gasteiger partial charge in [0.25, 0.3) is 0 Å². The molecule has 1 atom stereocenters. The van der Waals surface area contributed by atoms with Gasteiger partial charge >= 0.3 is 5.97 Å². The summed E-state index contributed by atoms with van der Waals surface area (Å²) in [5, 5.41) is 0. The van der Waals surface area contributed by atoms with Crippen LogP contribution >= 0.6 is 0 Å². The Hall–Kier alpha value is -2.42. The smallest absolute Gasteiger partial charge is 0.315 e. The van der Waals surface area contributed by atoms with E-state index in [0.29, 0.717) is 12.3 Å². The Bertz CT molecular complexity index is 605. The van der Waals surface area contributed by atoms with Crippen molar-refractivity contribution in [3.8, 4) is 0 Å². The van der Waals surface area contributed by atoms with Crippen molar-refractivity contribution < 1.29 is 9.53 Å². The van der Waals surface area contributed by atoms with Crippen LogP contribution in [-0.4, -0.2) is 11.9 Å². The summed E-state index contributed by atoms with van der Waals surface area (Å²) in [5.41, 5.74) is 1.86. The van der Waals surface area contributed by atoms with Gasteiger partial charge in [0, 0.05) is 5.56 Å². The van der Waals surface area contributed by atoms with Crippen molar-refractivity contribution in [2.75, 3.05) is 0 Å². The van der Waals surface area contributed by atoms with Crippen LogP contribution in [-0.2, 0) is 9.53 Å². The Kier molecular flexibility index (Phi) is 3.11. The molecule has 2 aromatic rings. The number of cyclic esters (lactones) is 1. The first-order valence-electron chi connectivity index (χ1n) is 6.22. The summed E-state index contributed by atoms with van der Waals surface area (Å²) < 4.78 is 5.24. The first-order valence-corrected chi connectivity index (χ1v) is 6.22. The van der Waals surface area contributed by atoms with E-state index in [-0.39, 0.29) is 12.0 Å². The first kappa shape index (κ1) is 11.7. The zero-order valence-electron chi connectivity index (χ0n) is 10.3. The summed E-state index contributed by atoms with van der Waals surface area (Å²) in [6.45, 7) is 0. The van der Waals surface area contributed by atoms with E-state index in [4.69, 9.17) is 4.74 Å². The average Bonchev–Trinajstić information content (AvgIpc) is 2.48. The molecule has 0 radical (unpaired) electrons. The van der Waals surface area contributed by atoms with Crippen LogP contribution < -0.4 is 0 Å². The van der Waals surface area contributed by atoms with Gasteiger partial charge in [0.2, 0.25) is 5.90 Å². The molecule has 2 aromatic carbocycles. The molecule has 0 fully saturated rings. The Morgan fingerprint density at radius 3 is 2.26 bits per heavy atom. The fourth-order valence-electron chi connectivity index (χ4n) is 2.10. The Labute approximate surface area is 111 Å². The van der Waals surface area contributed by atoms with Gasteiger partial charge in [-0.05, 0) is 17.7 Å². The van der Waals surface area contributed by atoms with E-state index < -0.39 is 0 Å². The molecule has 3 heteroatoms. The molecule has 0 bridgehead atoms. The van der Waals surface area contributed by atoms with E-state index in [1.54, 1.807) is 0 Å². The van der Waals surface area contributed by atoms with Crippen LogP contribution in [0.4, 0.5) is 0 Å². The molecule has 0 amide bonds. The second-order valence-corrected chi connectivity index (χ2v) is 4.40. The van der Waals surface area contributed by atoms with Crippen LogP contribution in [0.2, 0.25) is 0 Å². The standard InChI is InChI=1S/C16H13NO2/c18-15-11-14(12-7-3-1-4-8-12)17-16(19-15)13-9-5-2-6-10-13/h1-10,14H,11H2/t14-/m0/s1. The third-order valence-electron chi connectivity index (χ3n) is 3.05. The van der Waals surface area contributed by atoms with Crippen molar-refractivity contribution >= 4 is 11.9 Å². The van der Waals surface area contributed by atoms with Gasteiger partial charge in [0.1, 0.15) is 0 Å². The van der Waals surface area contributed by atoms with Crippen LogP contribution in [0.15, 0.2) is 65.7 Å². The molecular weight excluding hydrogens is 238 g/mol. The number of esters is 1. The van der Waals surface area contributed by atoms with Gasteiger partial charge in [0.15, 0.2) is 0 Å². The highest BCUT2D eigenvalue weighted by molar-refractivity contribution is 6.02. The molecule has 0 saturated heterocycles. The Morgan fingerprint density at radius 2 is 1.58 bits per heavy atom. The van der Waals surface area contributed by atoms with Gasteiger partial charge < -0.3 is 4.74 Å². The van der Waals surface area contributed by atoms with Crippen LogP contribution in [0.25, 0.3) is 0 Å². The average molecular weight is 251 g/mol. The van der Waals surface area contributed by atoms with Gasteiger partial charge in [-0.1, -0.05) is 48.5 Å². The third-order valence-corrected chi connectivity index (χ3v) is 3.05. The fourth-order valence-corrected chi connectivity index (χ4v) is 2.10. The highest BCUT2D eigenvalue weighted by Gasteiger charge is 2.24. The SMILES string of the molecule is O=C1C[C@@H](c2ccccc2)N=C(c2ccccc2)O1. The maximum atomic E-state index is 11.7. The molecule has 0 spiro atoms. The number of ether oxygens (including phenoxy) is 1. The molecule has 0 aliphatic carbocycles. The zero-order chi connectivity index (χ0) is 13.1. The molecular formula is C16H13NO2. The quantitative estimate of drug-likeness (QED) is 0.769. The van der Waals surface area contributed by atoms with Crippen molar-refractivity contribution in [1.82, 2.24) is 0 Å². The van der Waals surface area contributed by atoms with Crippen LogP contribution in [0.5, 0.6) is 0 Å². The molecule has 1 aliphatic rings. The minimum Gasteiger partial charge on any atom is -0.407 e. The number of carbonyl (C=O) groups is 1. The molecule has 0 N–H and O–H groups in total. The number of aliphatic imine (C=N–C) groups is 1. The summed E-state index contributed by atoms with van der Waals surface area (Å²) in [4.78, 5) is 16.3. The summed E-state index contributed by atoms with van der Waals surface area (Å²) in [7, 11) is 0. The molecule has 0 aromatic heterocycles. The van der Waals surface area contributed by atoms with Gasteiger partial charge in [-0.15, -0.1) is 0 Å². The van der Waals surface area contributed by atoms with E-state index in [1.165, 1.54) is 0 Å². The maximum Gasteiger partial charge on any atom is 0.315 e. The summed E-state index contributed by atoms with van der Waals surface area (Å²) in [5.74, 6) is 0.174. The molecule has 0 unspecified atom stereocenters. The van der Waals surface area contributed by atoms with E-state index in [1.807, 2.05) is 60.7 Å². The fraction of sp³-hybridized carbons (Fsp3) is 0.125. The van der Waals surface area contributed by atoms with E-state index in [9.17, 15) is 4.79 Å². The van der Waals surface area contributed by atoms with E-state index >= 15 is 0 Å². The first-order chi connectivity index (χ1) is 9.33. The van der Waals surface area contributed by atoms with Crippen molar-refractivity contribution in [1.29, 1.82) is 0 Å². The number of hydrogen-bond acceptors (Lipinski definition) is 3. The third kappa shape index (κ3) is 2.55. The van der Waals surface area contributed by atoms with E-state index in [0.717, 1.165) is 11.1 Å². The molecule has 0 saturated carbocycles. The minimum atomic E-state index is -0.234. The topological polar surface area (TPSA) is 38.7 Å². The highest BCUT2D eigenvalue weighted by Crippen LogP contribution is 2.26. The van der Waals surface area contributed by atoms with Crippen molar-refractivity contribution in [3.05, 3.63) is 71.8 Å². The maximum absolute atomic E-state index is 11.7. The van der Waals surface area contributed by atoms with Crippen LogP contribution in [0, 0.1) is 0 Å². The normalized spacial score (nSPS) is 18.6. The Balaban J connectivity index is 1.97. The minimum absolute atomic E-state index is 0.155. The molecule has 1 aliphatic heterocycles. The van der Waals surface area contributed by atoms with Crippen molar-refractivity contribution in [3.63, 3.8) is 0 Å². The van der Waals surface area contributed by atoms with Gasteiger partial charge in [0.05, 0.1) is 12.5 Å². The molecule has 19 heavy (non-hydrogen) atoms. The summed E-state index contributed by atoms with van der Waals surface area (Å²) in [6.07, 6.45) is 0.292. The lowest BCUT2D eigenvalue weighted by Crippen LogP contribution is -2.22. The van der Waals surface area contributed by atoms with Crippen LogP contribution in [0.3, 0.4) is 0 Å². The van der Waals surface area contributed by atoms with Crippen molar-refractivity contribution in [2.24, 2.45) is 4.99 Å². The number of nitrogens with zero attached hydrogens (tertiary/aromatic N) is 1. The largest absolute Gasteiger partial charge is 0.407 e. The number of carbonyl (C=O) groups excluding carboxylic acids is 1. The van der Waals surface area contributed by atoms with Gasteiger partial charge in [-0.3, -0.25) is 4.79 Å². The van der Waals surface area contributed by atoms with Gasteiger partial charge in [-0.2, -0.15) is 0 Å². The predicted octanol–water partition coefficient (Wildman–Crippen LogP) is 3.12. The lowest BCUT2D eigenvalue weighted by Gasteiger charge is -2.20. The summed E-state index contributed by atoms with van der Waals surface area (Å²) >= 11 is 0. The monoisotopic (exact) mass is 251 g/mol.